The maximum Gasteiger partial charge on any atom is 0.185 e. The Bertz CT molecular complexity index is 268. The molecule has 0 radical (unpaired) electrons. The first-order valence-corrected chi connectivity index (χ1v) is 4.48. The second kappa shape index (κ2) is 4.82. The Morgan fingerprint density at radius 2 is 2.31 bits per heavy atom. The van der Waals surface area contributed by atoms with Crippen molar-refractivity contribution in [1.29, 1.82) is 0 Å². The number of hydrogen-bond acceptors (Lipinski definition) is 3. The SMILES string of the molecule is CCCN(C)Cc1ccc(C=O)o1. The number of aldehydes is 1. The zero-order valence-corrected chi connectivity index (χ0v) is 8.12. The number of rotatable bonds is 5. The van der Waals surface area contributed by atoms with Crippen LogP contribution in [0.25, 0.3) is 0 Å². The molecule has 0 saturated heterocycles. The smallest absolute Gasteiger partial charge is 0.185 e. The van der Waals surface area contributed by atoms with E-state index >= 15 is 0 Å². The van der Waals surface area contributed by atoms with E-state index in [0.717, 1.165) is 31.6 Å². The van der Waals surface area contributed by atoms with Crippen LogP contribution in [-0.4, -0.2) is 24.8 Å². The van der Waals surface area contributed by atoms with Crippen molar-refractivity contribution in [2.75, 3.05) is 13.6 Å². The van der Waals surface area contributed by atoms with Gasteiger partial charge in [0.15, 0.2) is 12.0 Å². The summed E-state index contributed by atoms with van der Waals surface area (Å²) in [4.78, 5) is 12.5. The Kier molecular flexibility index (Phi) is 3.71. The third-order valence-electron chi connectivity index (χ3n) is 1.83. The second-order valence-corrected chi connectivity index (χ2v) is 3.16. The van der Waals surface area contributed by atoms with E-state index in [2.05, 4.69) is 11.8 Å². The molecule has 0 saturated carbocycles. The average Bonchev–Trinajstić information content (AvgIpc) is 2.52. The van der Waals surface area contributed by atoms with Gasteiger partial charge in [-0.25, -0.2) is 0 Å². The van der Waals surface area contributed by atoms with Gasteiger partial charge in [0.2, 0.25) is 0 Å². The average molecular weight is 181 g/mol. The maximum atomic E-state index is 10.3. The van der Waals surface area contributed by atoms with Crippen LogP contribution < -0.4 is 0 Å². The zero-order valence-electron chi connectivity index (χ0n) is 8.12. The van der Waals surface area contributed by atoms with Crippen molar-refractivity contribution < 1.29 is 9.21 Å². The molecule has 13 heavy (non-hydrogen) atoms. The summed E-state index contributed by atoms with van der Waals surface area (Å²) < 4.78 is 5.24. The molecule has 72 valence electrons. The van der Waals surface area contributed by atoms with E-state index < -0.39 is 0 Å². The van der Waals surface area contributed by atoms with Crippen molar-refractivity contribution in [3.8, 4) is 0 Å². The molecule has 1 aromatic rings. The van der Waals surface area contributed by atoms with Crippen molar-refractivity contribution >= 4 is 6.29 Å². The lowest BCUT2D eigenvalue weighted by Gasteiger charge is -2.12. The highest BCUT2D eigenvalue weighted by atomic mass is 16.3. The molecule has 3 heteroatoms. The molecule has 1 aromatic heterocycles. The molecule has 0 aliphatic rings. The molecule has 0 aliphatic carbocycles. The van der Waals surface area contributed by atoms with Gasteiger partial charge in [-0.05, 0) is 32.1 Å². The molecule has 0 aromatic carbocycles. The number of carbonyl (C=O) groups excluding carboxylic acids is 1. The summed E-state index contributed by atoms with van der Waals surface area (Å²) in [6.45, 7) is 3.94. The van der Waals surface area contributed by atoms with Crippen molar-refractivity contribution in [1.82, 2.24) is 4.90 Å². The molecule has 1 rings (SSSR count). The third kappa shape index (κ3) is 3.03. The van der Waals surface area contributed by atoms with E-state index in [-0.39, 0.29) is 0 Å². The van der Waals surface area contributed by atoms with Gasteiger partial charge in [-0.2, -0.15) is 0 Å². The fraction of sp³-hybridized carbons (Fsp3) is 0.500. The molecular weight excluding hydrogens is 166 g/mol. The Morgan fingerprint density at radius 1 is 1.54 bits per heavy atom. The Morgan fingerprint density at radius 3 is 2.85 bits per heavy atom. The van der Waals surface area contributed by atoms with Crippen LogP contribution in [0, 0.1) is 0 Å². The highest BCUT2D eigenvalue weighted by molar-refractivity contribution is 5.70. The van der Waals surface area contributed by atoms with Gasteiger partial charge in [0, 0.05) is 0 Å². The molecule has 0 spiro atoms. The molecule has 3 nitrogen and oxygen atoms in total. The second-order valence-electron chi connectivity index (χ2n) is 3.16. The molecule has 0 fully saturated rings. The lowest BCUT2D eigenvalue weighted by atomic mass is 10.4. The van der Waals surface area contributed by atoms with E-state index in [1.54, 1.807) is 6.07 Å². The van der Waals surface area contributed by atoms with E-state index in [4.69, 9.17) is 4.42 Å². The molecule has 0 aliphatic heterocycles. The number of hydrogen-bond donors (Lipinski definition) is 0. The number of furan rings is 1. The summed E-state index contributed by atoms with van der Waals surface area (Å²) in [6, 6.07) is 3.54. The fourth-order valence-electron chi connectivity index (χ4n) is 1.27. The van der Waals surface area contributed by atoms with Crippen molar-refractivity contribution in [2.45, 2.75) is 19.9 Å². The minimum Gasteiger partial charge on any atom is -0.457 e. The van der Waals surface area contributed by atoms with Crippen LogP contribution in [0.2, 0.25) is 0 Å². The largest absolute Gasteiger partial charge is 0.457 e. The third-order valence-corrected chi connectivity index (χ3v) is 1.83. The maximum absolute atomic E-state index is 10.3. The lowest BCUT2D eigenvalue weighted by Crippen LogP contribution is -2.17. The molecule has 0 atom stereocenters. The predicted octanol–water partition coefficient (Wildman–Crippen LogP) is 1.93. The van der Waals surface area contributed by atoms with Crippen LogP contribution in [0.15, 0.2) is 16.5 Å². The summed E-state index contributed by atoms with van der Waals surface area (Å²) in [5.41, 5.74) is 0. The lowest BCUT2D eigenvalue weighted by molar-refractivity contribution is 0.109. The molecule has 0 N–H and O–H groups in total. The van der Waals surface area contributed by atoms with Crippen molar-refractivity contribution in [3.63, 3.8) is 0 Å². The van der Waals surface area contributed by atoms with Crippen LogP contribution in [-0.2, 0) is 6.54 Å². The van der Waals surface area contributed by atoms with Gasteiger partial charge in [0.25, 0.3) is 0 Å². The van der Waals surface area contributed by atoms with Crippen molar-refractivity contribution in [3.05, 3.63) is 23.7 Å². The number of carbonyl (C=O) groups is 1. The normalized spacial score (nSPS) is 10.7. The molecule has 0 unspecified atom stereocenters. The van der Waals surface area contributed by atoms with Gasteiger partial charge < -0.3 is 4.42 Å². The summed E-state index contributed by atoms with van der Waals surface area (Å²) in [6.07, 6.45) is 1.85. The summed E-state index contributed by atoms with van der Waals surface area (Å²) in [5, 5.41) is 0. The van der Waals surface area contributed by atoms with Crippen molar-refractivity contribution in [2.24, 2.45) is 0 Å². The van der Waals surface area contributed by atoms with E-state index in [0.29, 0.717) is 5.76 Å². The van der Waals surface area contributed by atoms with E-state index in [9.17, 15) is 4.79 Å². The quantitative estimate of drug-likeness (QED) is 0.651. The van der Waals surface area contributed by atoms with Crippen LogP contribution in [0.3, 0.4) is 0 Å². The van der Waals surface area contributed by atoms with Gasteiger partial charge >= 0.3 is 0 Å². The Hall–Kier alpha value is -1.09. The van der Waals surface area contributed by atoms with Crippen LogP contribution in [0.4, 0.5) is 0 Å². The Balaban J connectivity index is 2.48. The van der Waals surface area contributed by atoms with E-state index in [1.807, 2.05) is 13.1 Å². The molecular formula is C10H15NO2. The van der Waals surface area contributed by atoms with Crippen LogP contribution in [0.1, 0.15) is 29.7 Å². The summed E-state index contributed by atoms with van der Waals surface area (Å²) in [5.74, 6) is 1.25. The predicted molar refractivity (Wildman–Crippen MR) is 50.7 cm³/mol. The first-order chi connectivity index (χ1) is 6.26. The Labute approximate surface area is 78.3 Å². The monoisotopic (exact) mass is 181 g/mol. The fourth-order valence-corrected chi connectivity index (χ4v) is 1.27. The minimum absolute atomic E-state index is 0.403. The summed E-state index contributed by atoms with van der Waals surface area (Å²) >= 11 is 0. The van der Waals surface area contributed by atoms with Crippen LogP contribution in [0.5, 0.6) is 0 Å². The molecule has 0 amide bonds. The molecule has 1 heterocycles. The van der Waals surface area contributed by atoms with Gasteiger partial charge in [0.05, 0.1) is 6.54 Å². The highest BCUT2D eigenvalue weighted by Gasteiger charge is 2.03. The highest BCUT2D eigenvalue weighted by Crippen LogP contribution is 2.07. The van der Waals surface area contributed by atoms with Crippen LogP contribution >= 0.6 is 0 Å². The van der Waals surface area contributed by atoms with Gasteiger partial charge in [0.1, 0.15) is 5.76 Å². The standard InChI is InChI=1S/C10H15NO2/c1-3-6-11(2)7-9-4-5-10(8-12)13-9/h4-5,8H,3,6-7H2,1-2H3. The van der Waals surface area contributed by atoms with Gasteiger partial charge in [-0.3, -0.25) is 9.69 Å². The van der Waals surface area contributed by atoms with E-state index in [1.165, 1.54) is 0 Å². The first-order valence-electron chi connectivity index (χ1n) is 4.48. The summed E-state index contributed by atoms with van der Waals surface area (Å²) in [7, 11) is 2.03. The number of nitrogens with zero attached hydrogens (tertiary/aromatic N) is 1. The van der Waals surface area contributed by atoms with Gasteiger partial charge in [-0.1, -0.05) is 6.92 Å². The first kappa shape index (κ1) is 9.99. The topological polar surface area (TPSA) is 33.5 Å². The van der Waals surface area contributed by atoms with Gasteiger partial charge in [-0.15, -0.1) is 0 Å². The minimum atomic E-state index is 0.403. The molecule has 0 bridgehead atoms. The zero-order chi connectivity index (χ0) is 9.68.